The Morgan fingerprint density at radius 1 is 1.14 bits per heavy atom. The largest absolute Gasteiger partial charge is 0.363 e. The number of rotatable bonds is 7. The van der Waals surface area contributed by atoms with Gasteiger partial charge in [-0.1, -0.05) is 23.7 Å². The second-order valence-electron chi connectivity index (χ2n) is 9.75. The lowest BCUT2D eigenvalue weighted by Crippen LogP contribution is -2.50. The van der Waals surface area contributed by atoms with E-state index in [9.17, 15) is 14.7 Å². The zero-order valence-corrected chi connectivity index (χ0v) is 22.4. The molecule has 1 unspecified atom stereocenters. The standard InChI is InChI=1S/C25H29ClN7O3P/c1-37(2,36)23-8-4-3-7-20(23)29-24-19(26)15-27-25(30-24)28-17-9-10-21(22(14-17)33(34)35)32-13-12-31-11-5-6-18(31)16-32/h3-4,7-10,14-15,18H,5-6,11-13,16H2,1-2H3,(H2,27,28,29,30). The van der Waals surface area contributed by atoms with E-state index in [4.69, 9.17) is 11.6 Å². The molecule has 3 aromatic rings. The first kappa shape index (κ1) is 25.4. The number of para-hydroxylation sites is 1. The first-order valence-electron chi connectivity index (χ1n) is 12.2. The number of nitro benzene ring substituents is 1. The lowest BCUT2D eigenvalue weighted by atomic mass is 10.1. The Labute approximate surface area is 220 Å². The predicted octanol–water partition coefficient (Wildman–Crippen LogP) is 5.06. The SMILES string of the molecule is CP(C)(=O)c1ccccc1Nc1nc(Nc2ccc(N3CCN4CCCC4C3)c([N+](=O)[O-])c2)ncc1Cl. The number of nitrogens with one attached hydrogen (secondary N) is 2. The van der Waals surface area contributed by atoms with Crippen molar-refractivity contribution in [1.82, 2.24) is 14.9 Å². The average molecular weight is 542 g/mol. The van der Waals surface area contributed by atoms with Crippen molar-refractivity contribution in [2.24, 2.45) is 0 Å². The van der Waals surface area contributed by atoms with Gasteiger partial charge in [0.15, 0.2) is 5.82 Å². The van der Waals surface area contributed by atoms with E-state index in [1.165, 1.54) is 18.7 Å². The molecule has 2 fully saturated rings. The predicted molar refractivity (Wildman–Crippen MR) is 149 cm³/mol. The van der Waals surface area contributed by atoms with Crippen LogP contribution in [-0.4, -0.2) is 65.3 Å². The van der Waals surface area contributed by atoms with Gasteiger partial charge in [-0.3, -0.25) is 15.0 Å². The summed E-state index contributed by atoms with van der Waals surface area (Å²) in [6.45, 7) is 7.00. The van der Waals surface area contributed by atoms with Gasteiger partial charge in [0, 0.05) is 42.7 Å². The van der Waals surface area contributed by atoms with Crippen LogP contribution in [0, 0.1) is 10.1 Å². The molecule has 2 aromatic carbocycles. The minimum Gasteiger partial charge on any atom is -0.363 e. The van der Waals surface area contributed by atoms with Crippen molar-refractivity contribution in [3.05, 3.63) is 63.8 Å². The van der Waals surface area contributed by atoms with Gasteiger partial charge in [-0.15, -0.1) is 0 Å². The molecule has 2 aliphatic heterocycles. The molecular formula is C25H29ClN7O3P. The van der Waals surface area contributed by atoms with E-state index in [1.807, 2.05) is 24.3 Å². The summed E-state index contributed by atoms with van der Waals surface area (Å²) in [6.07, 6.45) is 3.76. The summed E-state index contributed by atoms with van der Waals surface area (Å²) >= 11 is 6.35. The van der Waals surface area contributed by atoms with Crippen molar-refractivity contribution in [3.8, 4) is 0 Å². The van der Waals surface area contributed by atoms with Crippen molar-refractivity contribution in [1.29, 1.82) is 0 Å². The van der Waals surface area contributed by atoms with Gasteiger partial charge in [-0.25, -0.2) is 4.98 Å². The molecular weight excluding hydrogens is 513 g/mol. The smallest absolute Gasteiger partial charge is 0.294 e. The van der Waals surface area contributed by atoms with Gasteiger partial charge in [0.25, 0.3) is 5.69 Å². The highest BCUT2D eigenvalue weighted by atomic mass is 35.5. The number of halogens is 1. The van der Waals surface area contributed by atoms with Gasteiger partial charge in [0.05, 0.1) is 16.8 Å². The summed E-state index contributed by atoms with van der Waals surface area (Å²) in [6, 6.07) is 12.9. The van der Waals surface area contributed by atoms with E-state index in [2.05, 4.69) is 30.4 Å². The lowest BCUT2D eigenvalue weighted by Gasteiger charge is -2.38. The fourth-order valence-electron chi connectivity index (χ4n) is 5.05. The summed E-state index contributed by atoms with van der Waals surface area (Å²) < 4.78 is 12.7. The monoisotopic (exact) mass is 541 g/mol. The maximum Gasteiger partial charge on any atom is 0.294 e. The fraction of sp³-hybridized carbons (Fsp3) is 0.360. The molecule has 0 aliphatic carbocycles. The van der Waals surface area contributed by atoms with Gasteiger partial charge < -0.3 is 20.1 Å². The zero-order chi connectivity index (χ0) is 26.2. The van der Waals surface area contributed by atoms with Gasteiger partial charge in [-0.2, -0.15) is 4.98 Å². The fourth-order valence-corrected chi connectivity index (χ4v) is 6.34. The Kier molecular flexibility index (Phi) is 7.07. The second kappa shape index (κ2) is 10.3. The van der Waals surface area contributed by atoms with Crippen LogP contribution in [-0.2, 0) is 4.57 Å². The van der Waals surface area contributed by atoms with Crippen molar-refractivity contribution >= 4 is 58.6 Å². The summed E-state index contributed by atoms with van der Waals surface area (Å²) in [4.78, 5) is 24.9. The molecule has 0 spiro atoms. The first-order chi connectivity index (χ1) is 17.7. The van der Waals surface area contributed by atoms with E-state index in [-0.39, 0.29) is 21.6 Å². The number of hydrogen-bond acceptors (Lipinski definition) is 9. The van der Waals surface area contributed by atoms with E-state index < -0.39 is 7.14 Å². The molecule has 1 atom stereocenters. The summed E-state index contributed by atoms with van der Waals surface area (Å²) in [5.74, 6) is 0.558. The number of benzene rings is 2. The molecule has 1 aromatic heterocycles. The Hall–Kier alpha value is -3.20. The summed E-state index contributed by atoms with van der Waals surface area (Å²) in [5.41, 5.74) is 1.81. The van der Waals surface area contributed by atoms with E-state index >= 15 is 0 Å². The Balaban J connectivity index is 1.38. The third-order valence-electron chi connectivity index (χ3n) is 6.84. The quantitative estimate of drug-likeness (QED) is 0.240. The minimum absolute atomic E-state index is 0.0410. The van der Waals surface area contributed by atoms with Crippen LogP contribution in [0.25, 0.3) is 0 Å². The second-order valence-corrected chi connectivity index (χ2v) is 13.3. The number of nitrogens with zero attached hydrogens (tertiary/aromatic N) is 5. The molecule has 37 heavy (non-hydrogen) atoms. The third kappa shape index (κ3) is 5.56. The van der Waals surface area contributed by atoms with Crippen LogP contribution in [0.5, 0.6) is 0 Å². The number of nitro groups is 1. The van der Waals surface area contributed by atoms with E-state index in [1.54, 1.807) is 25.5 Å². The number of piperazine rings is 1. The van der Waals surface area contributed by atoms with Gasteiger partial charge in [0.2, 0.25) is 5.95 Å². The molecule has 0 radical (unpaired) electrons. The van der Waals surface area contributed by atoms with Crippen LogP contribution in [0.2, 0.25) is 5.02 Å². The molecule has 12 heteroatoms. The summed E-state index contributed by atoms with van der Waals surface area (Å²) in [7, 11) is -2.55. The topological polar surface area (TPSA) is 117 Å². The van der Waals surface area contributed by atoms with Gasteiger partial charge in [-0.05, 0) is 57.0 Å². The van der Waals surface area contributed by atoms with Crippen LogP contribution in [0.1, 0.15) is 12.8 Å². The number of hydrogen-bond donors (Lipinski definition) is 2. The van der Waals surface area contributed by atoms with Crippen molar-refractivity contribution in [3.63, 3.8) is 0 Å². The molecule has 2 saturated heterocycles. The number of fused-ring (bicyclic) bond motifs is 1. The van der Waals surface area contributed by atoms with Crippen molar-refractivity contribution in [2.75, 3.05) is 55.0 Å². The molecule has 2 N–H and O–H groups in total. The molecule has 194 valence electrons. The highest BCUT2D eigenvalue weighted by Crippen LogP contribution is 2.39. The Bertz CT molecular complexity index is 1380. The molecule has 0 amide bonds. The van der Waals surface area contributed by atoms with Crippen molar-refractivity contribution in [2.45, 2.75) is 18.9 Å². The van der Waals surface area contributed by atoms with Crippen LogP contribution in [0.4, 0.5) is 34.5 Å². The van der Waals surface area contributed by atoms with Crippen LogP contribution >= 0.6 is 18.7 Å². The maximum absolute atomic E-state index is 12.7. The normalized spacial score (nSPS) is 17.9. The van der Waals surface area contributed by atoms with E-state index in [0.717, 1.165) is 32.6 Å². The molecule has 10 nitrogen and oxygen atoms in total. The number of anilines is 5. The number of aromatic nitrogens is 2. The molecule has 3 heterocycles. The average Bonchev–Trinajstić information content (AvgIpc) is 3.34. The van der Waals surface area contributed by atoms with Crippen LogP contribution in [0.3, 0.4) is 0 Å². The minimum atomic E-state index is -2.55. The molecule has 5 rings (SSSR count). The van der Waals surface area contributed by atoms with Gasteiger partial charge >= 0.3 is 0 Å². The molecule has 0 bridgehead atoms. The van der Waals surface area contributed by atoms with E-state index in [0.29, 0.717) is 34.2 Å². The van der Waals surface area contributed by atoms with Gasteiger partial charge in [0.1, 0.15) is 17.9 Å². The highest BCUT2D eigenvalue weighted by Gasteiger charge is 2.33. The first-order valence-corrected chi connectivity index (χ1v) is 15.2. The highest BCUT2D eigenvalue weighted by molar-refractivity contribution is 7.70. The molecule has 2 aliphatic rings. The lowest BCUT2D eigenvalue weighted by molar-refractivity contribution is -0.384. The Morgan fingerprint density at radius 2 is 1.95 bits per heavy atom. The summed E-state index contributed by atoms with van der Waals surface area (Å²) in [5, 5.41) is 19.2. The Morgan fingerprint density at radius 3 is 2.73 bits per heavy atom. The maximum atomic E-state index is 12.7. The molecule has 0 saturated carbocycles. The third-order valence-corrected chi connectivity index (χ3v) is 8.66. The van der Waals surface area contributed by atoms with Crippen LogP contribution in [0.15, 0.2) is 48.7 Å². The van der Waals surface area contributed by atoms with Crippen molar-refractivity contribution < 1.29 is 9.49 Å². The van der Waals surface area contributed by atoms with Crippen LogP contribution < -0.4 is 20.8 Å². The zero-order valence-electron chi connectivity index (χ0n) is 20.7.